The average Bonchev–Trinajstić information content (AvgIpc) is 3.07. The highest BCUT2D eigenvalue weighted by molar-refractivity contribution is 7.09. The van der Waals surface area contributed by atoms with E-state index in [1.165, 1.54) is 11.3 Å². The summed E-state index contributed by atoms with van der Waals surface area (Å²) in [7, 11) is 0. The first kappa shape index (κ1) is 14.6. The van der Waals surface area contributed by atoms with Gasteiger partial charge in [-0.25, -0.2) is 9.78 Å². The highest BCUT2D eigenvalue weighted by Crippen LogP contribution is 2.30. The van der Waals surface area contributed by atoms with Crippen LogP contribution in [-0.2, 0) is 13.0 Å². The Morgan fingerprint density at radius 1 is 1.45 bits per heavy atom. The van der Waals surface area contributed by atoms with Crippen LogP contribution < -0.4 is 4.74 Å². The fourth-order valence-corrected chi connectivity index (χ4v) is 3.00. The van der Waals surface area contributed by atoms with Crippen molar-refractivity contribution in [3.63, 3.8) is 0 Å². The molecule has 0 spiro atoms. The van der Waals surface area contributed by atoms with E-state index in [2.05, 4.69) is 4.98 Å². The number of fused-ring (bicyclic) bond motifs is 1. The molecule has 0 aliphatic carbocycles. The van der Waals surface area contributed by atoms with Crippen molar-refractivity contribution < 1.29 is 19.1 Å². The van der Waals surface area contributed by atoms with Crippen LogP contribution in [0.3, 0.4) is 0 Å². The van der Waals surface area contributed by atoms with Crippen molar-refractivity contribution in [1.82, 2.24) is 4.98 Å². The molecule has 2 aromatic heterocycles. The first-order valence-corrected chi connectivity index (χ1v) is 7.78. The molecule has 0 amide bonds. The molecule has 3 aromatic rings. The summed E-state index contributed by atoms with van der Waals surface area (Å²) in [6.45, 7) is 4.22. The summed E-state index contributed by atoms with van der Waals surface area (Å²) in [4.78, 5) is 16.7. The van der Waals surface area contributed by atoms with Gasteiger partial charge in [-0.05, 0) is 25.1 Å². The molecule has 2 heterocycles. The predicted octanol–water partition coefficient (Wildman–Crippen LogP) is 4.04. The maximum atomic E-state index is 11.4. The summed E-state index contributed by atoms with van der Waals surface area (Å²) in [6, 6.07) is 5.25. The number of aromatic nitrogens is 1. The third-order valence-corrected chi connectivity index (χ3v) is 4.39. The fraction of sp³-hybridized carbons (Fsp3) is 0.250. The van der Waals surface area contributed by atoms with Gasteiger partial charge >= 0.3 is 5.97 Å². The minimum Gasteiger partial charge on any atom is -0.488 e. The lowest BCUT2D eigenvalue weighted by atomic mass is 10.1. The SMILES string of the molecule is CCc1oc2ccc(OCc3scnc3C)cc2c1C(=O)O. The van der Waals surface area contributed by atoms with Gasteiger partial charge in [0.2, 0.25) is 0 Å². The van der Waals surface area contributed by atoms with Crippen LogP contribution in [0.5, 0.6) is 5.75 Å². The van der Waals surface area contributed by atoms with Gasteiger partial charge in [-0.2, -0.15) is 0 Å². The Kier molecular flexibility index (Phi) is 3.85. The molecule has 6 heteroatoms. The highest BCUT2D eigenvalue weighted by atomic mass is 32.1. The second-order valence-corrected chi connectivity index (χ2v) is 5.81. The normalized spacial score (nSPS) is 11.0. The van der Waals surface area contributed by atoms with E-state index in [0.717, 1.165) is 10.6 Å². The van der Waals surface area contributed by atoms with E-state index in [1.54, 1.807) is 23.7 Å². The molecule has 3 rings (SSSR count). The van der Waals surface area contributed by atoms with Crippen molar-refractivity contribution in [2.24, 2.45) is 0 Å². The maximum Gasteiger partial charge on any atom is 0.339 e. The second-order valence-electron chi connectivity index (χ2n) is 4.87. The number of carboxylic acids is 1. The highest BCUT2D eigenvalue weighted by Gasteiger charge is 2.19. The number of hydrogen-bond acceptors (Lipinski definition) is 5. The number of furan rings is 1. The van der Waals surface area contributed by atoms with Gasteiger partial charge in [-0.15, -0.1) is 11.3 Å². The van der Waals surface area contributed by atoms with E-state index in [4.69, 9.17) is 9.15 Å². The van der Waals surface area contributed by atoms with Gasteiger partial charge in [0, 0.05) is 11.8 Å². The van der Waals surface area contributed by atoms with Gasteiger partial charge < -0.3 is 14.3 Å². The number of nitrogens with zero attached hydrogens (tertiary/aromatic N) is 1. The van der Waals surface area contributed by atoms with Crippen molar-refractivity contribution in [3.05, 3.63) is 45.6 Å². The third kappa shape index (κ3) is 2.57. The minimum absolute atomic E-state index is 0.219. The molecule has 22 heavy (non-hydrogen) atoms. The number of carbonyl (C=O) groups is 1. The Morgan fingerprint density at radius 3 is 2.91 bits per heavy atom. The van der Waals surface area contributed by atoms with Crippen molar-refractivity contribution in [2.45, 2.75) is 26.9 Å². The monoisotopic (exact) mass is 317 g/mol. The van der Waals surface area contributed by atoms with Crippen LogP contribution in [0.2, 0.25) is 0 Å². The van der Waals surface area contributed by atoms with Gasteiger partial charge in [0.25, 0.3) is 0 Å². The number of hydrogen-bond donors (Lipinski definition) is 1. The predicted molar refractivity (Wildman–Crippen MR) is 83.7 cm³/mol. The number of ether oxygens (including phenoxy) is 1. The second kappa shape index (κ2) is 5.81. The molecule has 0 aliphatic heterocycles. The molecule has 0 aliphatic rings. The van der Waals surface area contributed by atoms with Gasteiger partial charge in [-0.1, -0.05) is 6.92 Å². The molecule has 5 nitrogen and oxygen atoms in total. The maximum absolute atomic E-state index is 11.4. The molecule has 0 atom stereocenters. The fourth-order valence-electron chi connectivity index (χ4n) is 2.31. The first-order chi connectivity index (χ1) is 10.6. The quantitative estimate of drug-likeness (QED) is 0.769. The molecule has 0 fully saturated rings. The van der Waals surface area contributed by atoms with Crippen molar-refractivity contribution >= 4 is 28.3 Å². The van der Waals surface area contributed by atoms with E-state index in [1.807, 2.05) is 13.8 Å². The van der Waals surface area contributed by atoms with Crippen LogP contribution in [0, 0.1) is 6.92 Å². The van der Waals surface area contributed by atoms with Crippen LogP contribution in [0.4, 0.5) is 0 Å². The number of thiazole rings is 1. The molecular formula is C16H15NO4S. The lowest BCUT2D eigenvalue weighted by Gasteiger charge is -2.05. The molecule has 0 radical (unpaired) electrons. The van der Waals surface area contributed by atoms with Crippen molar-refractivity contribution in [2.75, 3.05) is 0 Å². The van der Waals surface area contributed by atoms with E-state index >= 15 is 0 Å². The topological polar surface area (TPSA) is 72.6 Å². The Labute approximate surface area is 131 Å². The van der Waals surface area contributed by atoms with Gasteiger partial charge in [0.15, 0.2) is 0 Å². The molecule has 1 aromatic carbocycles. The number of benzene rings is 1. The zero-order valence-corrected chi connectivity index (χ0v) is 13.1. The van der Waals surface area contributed by atoms with Crippen molar-refractivity contribution in [1.29, 1.82) is 0 Å². The lowest BCUT2D eigenvalue weighted by molar-refractivity contribution is 0.0696. The Morgan fingerprint density at radius 2 is 2.27 bits per heavy atom. The summed E-state index contributed by atoms with van der Waals surface area (Å²) >= 11 is 1.54. The molecule has 0 bridgehead atoms. The minimum atomic E-state index is -0.981. The van der Waals surface area contributed by atoms with Crippen LogP contribution in [0.15, 0.2) is 28.1 Å². The van der Waals surface area contributed by atoms with Crippen molar-refractivity contribution in [3.8, 4) is 5.75 Å². The van der Waals surface area contributed by atoms with E-state index in [9.17, 15) is 9.90 Å². The lowest BCUT2D eigenvalue weighted by Crippen LogP contribution is -1.99. The van der Waals surface area contributed by atoms with Gasteiger partial charge in [-0.3, -0.25) is 0 Å². The summed E-state index contributed by atoms with van der Waals surface area (Å²) in [5.41, 5.74) is 3.52. The zero-order chi connectivity index (χ0) is 15.7. The van der Waals surface area contributed by atoms with Gasteiger partial charge in [0.1, 0.15) is 29.3 Å². The molecule has 1 N–H and O–H groups in total. The Balaban J connectivity index is 1.93. The Bertz CT molecular complexity index is 834. The smallest absolute Gasteiger partial charge is 0.339 e. The number of rotatable bonds is 5. The molecule has 114 valence electrons. The number of aromatic carboxylic acids is 1. The van der Waals surface area contributed by atoms with Crippen LogP contribution in [-0.4, -0.2) is 16.1 Å². The zero-order valence-electron chi connectivity index (χ0n) is 12.3. The average molecular weight is 317 g/mol. The first-order valence-electron chi connectivity index (χ1n) is 6.90. The van der Waals surface area contributed by atoms with Crippen LogP contribution >= 0.6 is 11.3 Å². The number of aryl methyl sites for hydroxylation is 2. The third-order valence-electron chi connectivity index (χ3n) is 3.48. The van der Waals surface area contributed by atoms with E-state index in [0.29, 0.717) is 35.5 Å². The van der Waals surface area contributed by atoms with Gasteiger partial charge in [0.05, 0.1) is 16.1 Å². The molecule has 0 unspecified atom stereocenters. The molecule has 0 saturated heterocycles. The van der Waals surface area contributed by atoms with E-state index < -0.39 is 5.97 Å². The number of carboxylic acid groups (broad SMARTS) is 1. The van der Waals surface area contributed by atoms with Crippen LogP contribution in [0.1, 0.15) is 33.6 Å². The Hall–Kier alpha value is -2.34. The van der Waals surface area contributed by atoms with E-state index in [-0.39, 0.29) is 5.56 Å². The standard InChI is InChI=1S/C16H15NO4S/c1-3-12-15(16(18)19)11-6-10(4-5-13(11)21-12)20-7-14-9(2)17-8-22-14/h4-6,8H,3,7H2,1-2H3,(H,18,19). The summed E-state index contributed by atoms with van der Waals surface area (Å²) < 4.78 is 11.3. The summed E-state index contributed by atoms with van der Waals surface area (Å²) in [5.74, 6) is 0.121. The summed E-state index contributed by atoms with van der Waals surface area (Å²) in [6.07, 6.45) is 0.534. The molecule has 0 saturated carbocycles. The van der Waals surface area contributed by atoms with Crippen LogP contribution in [0.25, 0.3) is 11.0 Å². The largest absolute Gasteiger partial charge is 0.488 e. The summed E-state index contributed by atoms with van der Waals surface area (Å²) in [5, 5.41) is 9.96. The molecular weight excluding hydrogens is 302 g/mol.